The lowest BCUT2D eigenvalue weighted by Crippen LogP contribution is -2.29. The first-order valence-electron chi connectivity index (χ1n) is 3.52. The average Bonchev–Trinajstić information content (AvgIpc) is 2.50. The Morgan fingerprint density at radius 1 is 1.33 bits per heavy atom. The van der Waals surface area contributed by atoms with Gasteiger partial charge in [-0.05, 0) is 6.07 Å². The number of anilines is 1. The normalized spacial score (nSPS) is 11.1. The van der Waals surface area contributed by atoms with Gasteiger partial charge in [0.2, 0.25) is 11.6 Å². The predicted molar refractivity (Wildman–Crippen MR) is 40.4 cm³/mol. The molecule has 1 aromatic heterocycles. The Morgan fingerprint density at radius 3 is 2.33 bits per heavy atom. The van der Waals surface area contributed by atoms with Crippen molar-refractivity contribution in [1.82, 2.24) is 0 Å². The Morgan fingerprint density at radius 2 is 1.93 bits per heavy atom. The number of amides is 1. The minimum atomic E-state index is -5.05. The van der Waals surface area contributed by atoms with Crippen LogP contribution in [0.15, 0.2) is 16.5 Å². The molecule has 0 radical (unpaired) electrons. The smallest absolute Gasteiger partial charge is 0.471 e. The number of carboxylic acids is 1. The molecular weight excluding hydrogens is 219 g/mol. The summed E-state index contributed by atoms with van der Waals surface area (Å²) in [6.45, 7) is 0. The van der Waals surface area contributed by atoms with E-state index in [2.05, 4.69) is 4.42 Å². The van der Waals surface area contributed by atoms with E-state index in [1.165, 1.54) is 5.32 Å². The number of furan rings is 1. The number of carboxylic acid groups (broad SMARTS) is 1. The number of hydrogen-bond donors (Lipinski definition) is 2. The maximum atomic E-state index is 11.7. The first kappa shape index (κ1) is 11.1. The van der Waals surface area contributed by atoms with E-state index in [9.17, 15) is 22.8 Å². The monoisotopic (exact) mass is 223 g/mol. The molecule has 8 heteroatoms. The van der Waals surface area contributed by atoms with Crippen LogP contribution in [0.1, 0.15) is 10.6 Å². The number of aromatic carboxylic acids is 1. The Bertz CT molecular complexity index is 395. The molecule has 0 aromatic carbocycles. The van der Waals surface area contributed by atoms with E-state index in [4.69, 9.17) is 5.11 Å². The third kappa shape index (κ3) is 2.73. The van der Waals surface area contributed by atoms with Gasteiger partial charge in [-0.3, -0.25) is 10.1 Å². The van der Waals surface area contributed by atoms with Gasteiger partial charge in [0, 0.05) is 6.07 Å². The van der Waals surface area contributed by atoms with Crippen LogP contribution in [0.5, 0.6) is 0 Å². The average molecular weight is 223 g/mol. The van der Waals surface area contributed by atoms with Crippen LogP contribution >= 0.6 is 0 Å². The summed E-state index contributed by atoms with van der Waals surface area (Å²) in [6, 6.07) is 1.83. The van der Waals surface area contributed by atoms with Gasteiger partial charge in [-0.15, -0.1) is 0 Å². The molecule has 0 unspecified atom stereocenters. The fourth-order valence-corrected chi connectivity index (χ4v) is 0.703. The van der Waals surface area contributed by atoms with E-state index in [0.717, 1.165) is 12.1 Å². The minimum Gasteiger partial charge on any atom is -0.475 e. The fourth-order valence-electron chi connectivity index (χ4n) is 0.703. The third-order valence-electron chi connectivity index (χ3n) is 1.31. The van der Waals surface area contributed by atoms with Crippen LogP contribution in [-0.4, -0.2) is 23.2 Å². The van der Waals surface area contributed by atoms with Gasteiger partial charge in [-0.1, -0.05) is 0 Å². The van der Waals surface area contributed by atoms with Gasteiger partial charge in [0.25, 0.3) is 0 Å². The SMILES string of the molecule is O=C(O)c1ccc(NC(=O)C(F)(F)F)o1. The van der Waals surface area contributed by atoms with Gasteiger partial charge in [0.15, 0.2) is 0 Å². The van der Waals surface area contributed by atoms with E-state index in [0.29, 0.717) is 0 Å². The zero-order valence-electron chi connectivity index (χ0n) is 6.96. The highest BCUT2D eigenvalue weighted by Crippen LogP contribution is 2.19. The highest BCUT2D eigenvalue weighted by Gasteiger charge is 2.39. The highest BCUT2D eigenvalue weighted by atomic mass is 19.4. The van der Waals surface area contributed by atoms with Crippen molar-refractivity contribution in [1.29, 1.82) is 0 Å². The third-order valence-corrected chi connectivity index (χ3v) is 1.31. The second-order valence-electron chi connectivity index (χ2n) is 2.42. The summed E-state index contributed by atoms with van der Waals surface area (Å²) in [5.41, 5.74) is 0. The van der Waals surface area contributed by atoms with Crippen LogP contribution in [0.3, 0.4) is 0 Å². The van der Waals surface area contributed by atoms with Crippen LogP contribution < -0.4 is 5.32 Å². The molecule has 15 heavy (non-hydrogen) atoms. The molecule has 5 nitrogen and oxygen atoms in total. The molecule has 82 valence electrons. The van der Waals surface area contributed by atoms with Crippen LogP contribution in [0.4, 0.5) is 19.1 Å². The van der Waals surface area contributed by atoms with Crippen molar-refractivity contribution in [3.63, 3.8) is 0 Å². The highest BCUT2D eigenvalue weighted by molar-refractivity contribution is 5.94. The van der Waals surface area contributed by atoms with Gasteiger partial charge in [0.05, 0.1) is 0 Å². The Kier molecular flexibility index (Phi) is 2.69. The molecule has 0 saturated heterocycles. The molecule has 0 bridgehead atoms. The quantitative estimate of drug-likeness (QED) is 0.795. The van der Waals surface area contributed by atoms with E-state index in [1.54, 1.807) is 0 Å². The lowest BCUT2D eigenvalue weighted by Gasteiger charge is -2.04. The van der Waals surface area contributed by atoms with Crippen molar-refractivity contribution in [2.45, 2.75) is 6.18 Å². The van der Waals surface area contributed by atoms with Crippen LogP contribution in [-0.2, 0) is 4.79 Å². The largest absolute Gasteiger partial charge is 0.475 e. The summed E-state index contributed by atoms with van der Waals surface area (Å²) >= 11 is 0. The molecule has 1 heterocycles. The topological polar surface area (TPSA) is 79.5 Å². The van der Waals surface area contributed by atoms with Crippen LogP contribution in [0, 0.1) is 0 Å². The lowest BCUT2D eigenvalue weighted by atomic mass is 10.4. The van der Waals surface area contributed by atoms with Gasteiger partial charge in [0.1, 0.15) is 0 Å². The summed E-state index contributed by atoms with van der Waals surface area (Å²) in [4.78, 5) is 20.6. The van der Waals surface area contributed by atoms with E-state index >= 15 is 0 Å². The Balaban J connectivity index is 2.74. The van der Waals surface area contributed by atoms with E-state index in [1.807, 2.05) is 0 Å². The Labute approximate surface area is 80.5 Å². The molecule has 0 aliphatic rings. The number of carbonyl (C=O) groups excluding carboxylic acids is 1. The summed E-state index contributed by atoms with van der Waals surface area (Å²) < 4.78 is 39.6. The van der Waals surface area contributed by atoms with Crippen LogP contribution in [0.2, 0.25) is 0 Å². The summed E-state index contributed by atoms with van der Waals surface area (Å²) in [5, 5.41) is 9.73. The van der Waals surface area contributed by atoms with Crippen molar-refractivity contribution in [3.05, 3.63) is 17.9 Å². The standard InChI is InChI=1S/C7H4F3NO4/c8-7(9,10)6(14)11-4-2-1-3(15-4)5(12)13/h1-2H,(H,11,14)(H,12,13). The summed E-state index contributed by atoms with van der Waals surface area (Å²) in [7, 11) is 0. The van der Waals surface area contributed by atoms with Crippen molar-refractivity contribution >= 4 is 17.8 Å². The molecule has 1 amide bonds. The van der Waals surface area contributed by atoms with Crippen LogP contribution in [0.25, 0.3) is 0 Å². The maximum Gasteiger partial charge on any atom is 0.471 e. The predicted octanol–water partition coefficient (Wildman–Crippen LogP) is 1.48. The molecule has 0 aliphatic heterocycles. The van der Waals surface area contributed by atoms with Crippen molar-refractivity contribution in [3.8, 4) is 0 Å². The van der Waals surface area contributed by atoms with E-state index in [-0.39, 0.29) is 0 Å². The zero-order valence-corrected chi connectivity index (χ0v) is 6.96. The zero-order chi connectivity index (χ0) is 11.6. The second kappa shape index (κ2) is 3.64. The molecule has 0 saturated carbocycles. The molecule has 0 atom stereocenters. The minimum absolute atomic E-state index is 0.563. The summed E-state index contributed by atoms with van der Waals surface area (Å²) in [6.07, 6.45) is -5.05. The van der Waals surface area contributed by atoms with Crippen molar-refractivity contribution in [2.75, 3.05) is 5.32 Å². The van der Waals surface area contributed by atoms with Crippen molar-refractivity contribution < 1.29 is 32.3 Å². The number of halogens is 3. The molecule has 0 fully saturated rings. The number of rotatable bonds is 2. The van der Waals surface area contributed by atoms with Crippen molar-refractivity contribution in [2.24, 2.45) is 0 Å². The number of carbonyl (C=O) groups is 2. The second-order valence-corrected chi connectivity index (χ2v) is 2.42. The molecule has 0 aliphatic carbocycles. The van der Waals surface area contributed by atoms with Gasteiger partial charge < -0.3 is 9.52 Å². The number of hydrogen-bond acceptors (Lipinski definition) is 3. The number of alkyl halides is 3. The summed E-state index contributed by atoms with van der Waals surface area (Å²) in [5.74, 6) is -4.81. The molecule has 1 rings (SSSR count). The van der Waals surface area contributed by atoms with Gasteiger partial charge >= 0.3 is 18.1 Å². The van der Waals surface area contributed by atoms with Gasteiger partial charge in [-0.25, -0.2) is 4.79 Å². The molecule has 2 N–H and O–H groups in total. The number of nitrogens with one attached hydrogen (secondary N) is 1. The Hall–Kier alpha value is -1.99. The van der Waals surface area contributed by atoms with Gasteiger partial charge in [-0.2, -0.15) is 13.2 Å². The molecular formula is C7H4F3NO4. The first-order chi connectivity index (χ1) is 6.80. The first-order valence-corrected chi connectivity index (χ1v) is 3.52. The molecule has 0 spiro atoms. The lowest BCUT2D eigenvalue weighted by molar-refractivity contribution is -0.167. The fraction of sp³-hybridized carbons (Fsp3) is 0.143. The molecule has 1 aromatic rings. The maximum absolute atomic E-state index is 11.7. The van der Waals surface area contributed by atoms with E-state index < -0.39 is 29.7 Å².